The lowest BCUT2D eigenvalue weighted by Crippen LogP contribution is -2.36. The van der Waals surface area contributed by atoms with E-state index in [0.717, 1.165) is 49.7 Å². The fraction of sp³-hybridized carbons (Fsp3) is 0.219. The molecular weight excluding hydrogens is 554 g/mol. The number of non-ortho nitro benzene ring substituents is 1. The molecule has 214 valence electrons. The maximum Gasteiger partial charge on any atom is 0.270 e. The molecule has 0 aliphatic carbocycles. The highest BCUT2D eigenvalue weighted by Gasteiger charge is 2.24. The summed E-state index contributed by atoms with van der Waals surface area (Å²) in [4.78, 5) is 43.3. The molecule has 0 spiro atoms. The molecule has 0 atom stereocenters. The van der Waals surface area contributed by atoms with Crippen LogP contribution >= 0.6 is 11.6 Å². The Morgan fingerprint density at radius 3 is 2.38 bits per heavy atom. The highest BCUT2D eigenvalue weighted by molar-refractivity contribution is 6.34. The third-order valence-electron chi connectivity index (χ3n) is 7.41. The van der Waals surface area contributed by atoms with Gasteiger partial charge in [0.25, 0.3) is 17.5 Å². The topological polar surface area (TPSA) is 117 Å². The highest BCUT2D eigenvalue weighted by atomic mass is 35.5. The Hall–Kier alpha value is -4.76. The SMILES string of the molecule is O=C(Nc1ccc(N2CCC(Cc3ccccc3)CC2)c(C(=O)NCc2cccnc2)c1)c1ccc([N+](=O)[O-])cc1Cl. The first-order chi connectivity index (χ1) is 20.4. The summed E-state index contributed by atoms with van der Waals surface area (Å²) in [6.45, 7) is 1.93. The molecule has 1 aliphatic heterocycles. The third-order valence-corrected chi connectivity index (χ3v) is 7.72. The molecule has 2 heterocycles. The molecule has 0 saturated carbocycles. The van der Waals surface area contributed by atoms with Crippen LogP contribution in [0.25, 0.3) is 0 Å². The molecule has 4 aromatic rings. The molecular formula is C32H30ClN5O4. The minimum absolute atomic E-state index is 0.0360. The number of nitrogens with one attached hydrogen (secondary N) is 2. The summed E-state index contributed by atoms with van der Waals surface area (Å²) in [5.41, 5.74) is 3.72. The van der Waals surface area contributed by atoms with E-state index in [1.165, 1.54) is 17.7 Å². The van der Waals surface area contributed by atoms with Crippen LogP contribution in [0.4, 0.5) is 17.1 Å². The van der Waals surface area contributed by atoms with Gasteiger partial charge in [-0.05, 0) is 66.6 Å². The Morgan fingerprint density at radius 1 is 0.929 bits per heavy atom. The zero-order chi connectivity index (χ0) is 29.5. The van der Waals surface area contributed by atoms with Crippen LogP contribution in [0.1, 0.15) is 44.7 Å². The fourth-order valence-corrected chi connectivity index (χ4v) is 5.44. The van der Waals surface area contributed by atoms with Crippen molar-refractivity contribution >= 4 is 40.5 Å². The molecule has 1 aliphatic rings. The van der Waals surface area contributed by atoms with Gasteiger partial charge in [-0.2, -0.15) is 0 Å². The van der Waals surface area contributed by atoms with Gasteiger partial charge in [0.1, 0.15) is 0 Å². The molecule has 9 nitrogen and oxygen atoms in total. The van der Waals surface area contributed by atoms with E-state index in [-0.39, 0.29) is 22.2 Å². The standard InChI is InChI=1S/C32H30ClN5O4/c33-29-19-26(38(41)42)9-10-27(29)32(40)36-25-8-11-30(28(18-25)31(39)35-21-24-7-4-14-34-20-24)37-15-12-23(13-16-37)17-22-5-2-1-3-6-22/h1-11,14,18-20,23H,12-13,15-17,21H2,(H,35,39)(H,36,40). The van der Waals surface area contributed by atoms with Gasteiger partial charge < -0.3 is 15.5 Å². The Morgan fingerprint density at radius 2 is 1.69 bits per heavy atom. The number of anilines is 2. The molecule has 1 aromatic heterocycles. The number of nitrogens with zero attached hydrogens (tertiary/aromatic N) is 3. The summed E-state index contributed by atoms with van der Waals surface area (Å²) in [5.74, 6) is -0.243. The van der Waals surface area contributed by atoms with Crippen molar-refractivity contribution in [3.05, 3.63) is 129 Å². The van der Waals surface area contributed by atoms with Crippen LogP contribution in [0, 0.1) is 16.0 Å². The summed E-state index contributed by atoms with van der Waals surface area (Å²) < 4.78 is 0. The molecule has 0 unspecified atom stereocenters. The summed E-state index contributed by atoms with van der Waals surface area (Å²) in [5, 5.41) is 16.7. The maximum atomic E-state index is 13.5. The minimum atomic E-state index is -0.576. The van der Waals surface area contributed by atoms with Crippen molar-refractivity contribution in [1.29, 1.82) is 0 Å². The average Bonchev–Trinajstić information content (AvgIpc) is 3.01. The van der Waals surface area contributed by atoms with E-state index in [1.54, 1.807) is 24.5 Å². The molecule has 5 rings (SSSR count). The number of carbonyl (C=O) groups is 2. The second-order valence-corrected chi connectivity index (χ2v) is 10.7. The second kappa shape index (κ2) is 13.3. The first kappa shape index (κ1) is 28.8. The summed E-state index contributed by atoms with van der Waals surface area (Å²) in [6.07, 6.45) is 6.41. The number of pyridine rings is 1. The number of carbonyl (C=O) groups excluding carboxylic acids is 2. The number of nitro groups is 1. The minimum Gasteiger partial charge on any atom is -0.371 e. The number of piperidine rings is 1. The molecule has 2 N–H and O–H groups in total. The molecule has 10 heteroatoms. The monoisotopic (exact) mass is 583 g/mol. The van der Waals surface area contributed by atoms with E-state index >= 15 is 0 Å². The molecule has 2 amide bonds. The van der Waals surface area contributed by atoms with Crippen LogP contribution in [0.5, 0.6) is 0 Å². The Balaban J connectivity index is 1.34. The van der Waals surface area contributed by atoms with Crippen LogP contribution in [-0.2, 0) is 13.0 Å². The molecule has 1 fully saturated rings. The van der Waals surface area contributed by atoms with E-state index in [4.69, 9.17) is 11.6 Å². The summed E-state index contributed by atoms with van der Waals surface area (Å²) in [7, 11) is 0. The molecule has 0 radical (unpaired) electrons. The largest absolute Gasteiger partial charge is 0.371 e. The van der Waals surface area contributed by atoms with Crippen molar-refractivity contribution < 1.29 is 14.5 Å². The maximum absolute atomic E-state index is 13.5. The van der Waals surface area contributed by atoms with Gasteiger partial charge in [0.05, 0.1) is 21.1 Å². The van der Waals surface area contributed by atoms with Crippen molar-refractivity contribution in [1.82, 2.24) is 10.3 Å². The van der Waals surface area contributed by atoms with Crippen molar-refractivity contribution in [2.24, 2.45) is 5.92 Å². The van der Waals surface area contributed by atoms with Crippen molar-refractivity contribution in [2.45, 2.75) is 25.8 Å². The van der Waals surface area contributed by atoms with Crippen LogP contribution in [0.15, 0.2) is 91.3 Å². The molecule has 3 aromatic carbocycles. The highest BCUT2D eigenvalue weighted by Crippen LogP contribution is 2.31. The van der Waals surface area contributed by atoms with Crippen LogP contribution in [-0.4, -0.2) is 34.8 Å². The lowest BCUT2D eigenvalue weighted by Gasteiger charge is -2.35. The van der Waals surface area contributed by atoms with Crippen molar-refractivity contribution in [2.75, 3.05) is 23.3 Å². The molecule has 1 saturated heterocycles. The zero-order valence-electron chi connectivity index (χ0n) is 22.8. The van der Waals surface area contributed by atoms with Gasteiger partial charge in [0, 0.05) is 55.5 Å². The molecule has 0 bridgehead atoms. The van der Waals surface area contributed by atoms with Gasteiger partial charge in [-0.25, -0.2) is 0 Å². The summed E-state index contributed by atoms with van der Waals surface area (Å²) >= 11 is 6.16. The zero-order valence-corrected chi connectivity index (χ0v) is 23.6. The molecule has 42 heavy (non-hydrogen) atoms. The van der Waals surface area contributed by atoms with Crippen LogP contribution in [0.3, 0.4) is 0 Å². The van der Waals surface area contributed by atoms with E-state index in [0.29, 0.717) is 23.7 Å². The number of hydrogen-bond donors (Lipinski definition) is 2. The third kappa shape index (κ3) is 7.11. The number of benzene rings is 3. The lowest BCUT2D eigenvalue weighted by atomic mass is 9.89. The quantitative estimate of drug-likeness (QED) is 0.177. The number of aromatic nitrogens is 1. The Labute approximate surface area is 248 Å². The van der Waals surface area contributed by atoms with Crippen molar-refractivity contribution in [3.8, 4) is 0 Å². The van der Waals surface area contributed by atoms with Gasteiger partial charge in [-0.15, -0.1) is 0 Å². The van der Waals surface area contributed by atoms with E-state index in [2.05, 4.69) is 44.8 Å². The Bertz CT molecular complexity index is 1570. The van der Waals surface area contributed by atoms with Gasteiger partial charge in [0.2, 0.25) is 0 Å². The van der Waals surface area contributed by atoms with E-state index < -0.39 is 10.8 Å². The van der Waals surface area contributed by atoms with Gasteiger partial charge in [0.15, 0.2) is 0 Å². The lowest BCUT2D eigenvalue weighted by molar-refractivity contribution is -0.384. The number of halogens is 1. The predicted molar refractivity (Wildman–Crippen MR) is 163 cm³/mol. The smallest absolute Gasteiger partial charge is 0.270 e. The van der Waals surface area contributed by atoms with E-state index in [9.17, 15) is 19.7 Å². The number of amides is 2. The fourth-order valence-electron chi connectivity index (χ4n) is 5.18. The number of nitro benzene ring substituents is 1. The van der Waals surface area contributed by atoms with E-state index in [1.807, 2.05) is 24.3 Å². The van der Waals surface area contributed by atoms with Gasteiger partial charge in [-0.1, -0.05) is 48.0 Å². The second-order valence-electron chi connectivity index (χ2n) is 10.3. The van der Waals surface area contributed by atoms with Crippen LogP contribution in [0.2, 0.25) is 5.02 Å². The first-order valence-electron chi connectivity index (χ1n) is 13.7. The average molecular weight is 584 g/mol. The Kier molecular flexibility index (Phi) is 9.08. The predicted octanol–water partition coefficient (Wildman–Crippen LogP) is 6.28. The summed E-state index contributed by atoms with van der Waals surface area (Å²) in [6, 6.07) is 23.1. The number of rotatable bonds is 9. The van der Waals surface area contributed by atoms with Crippen molar-refractivity contribution in [3.63, 3.8) is 0 Å². The van der Waals surface area contributed by atoms with Gasteiger partial charge in [-0.3, -0.25) is 24.7 Å². The van der Waals surface area contributed by atoms with Crippen LogP contribution < -0.4 is 15.5 Å². The normalized spacial score (nSPS) is 13.4. The first-order valence-corrected chi connectivity index (χ1v) is 14.1. The van der Waals surface area contributed by atoms with Gasteiger partial charge >= 0.3 is 0 Å². The number of hydrogen-bond acceptors (Lipinski definition) is 6.